The zero-order valence-corrected chi connectivity index (χ0v) is 19.6. The van der Waals surface area contributed by atoms with Crippen molar-refractivity contribution in [2.75, 3.05) is 20.2 Å². The van der Waals surface area contributed by atoms with Gasteiger partial charge in [-0.25, -0.2) is 0 Å². The number of likely N-dealkylation sites (N-methyl/N-ethyl adjacent to an activating group) is 1. The number of hydrogen-bond acceptors (Lipinski definition) is 4. The second kappa shape index (κ2) is 10.3. The summed E-state index contributed by atoms with van der Waals surface area (Å²) in [6.07, 6.45) is -3.27. The van der Waals surface area contributed by atoms with Crippen LogP contribution in [-0.4, -0.2) is 63.2 Å². The van der Waals surface area contributed by atoms with Gasteiger partial charge in [-0.15, -0.1) is 0 Å². The number of alkyl halides is 3. The molecule has 2 heterocycles. The smallest absolute Gasteiger partial charge is 0.394 e. The van der Waals surface area contributed by atoms with Crippen LogP contribution in [0.15, 0.2) is 41.4 Å². The highest BCUT2D eigenvalue weighted by molar-refractivity contribution is 5.95. The molecule has 1 aromatic heterocycles. The monoisotopic (exact) mass is 504 g/mol. The molecule has 1 aliphatic rings. The van der Waals surface area contributed by atoms with Crippen LogP contribution < -0.4 is 5.62 Å². The summed E-state index contributed by atoms with van der Waals surface area (Å²) in [5.41, 5.74) is 1.67. The highest BCUT2D eigenvalue weighted by Crippen LogP contribution is 2.33. The Bertz CT molecular complexity index is 1350. The zero-order valence-electron chi connectivity index (χ0n) is 19.6. The average Bonchev–Trinajstić information content (AvgIpc) is 3.24. The van der Waals surface area contributed by atoms with Gasteiger partial charge in [-0.1, -0.05) is 6.07 Å². The molecule has 0 spiro atoms. The molecule has 2 amide bonds. The number of halogens is 3. The lowest BCUT2D eigenvalue weighted by atomic mass is 9.85. The quantitative estimate of drug-likeness (QED) is 0.412. The average molecular weight is 505 g/mol. The maximum absolute atomic E-state index is 13.0. The van der Waals surface area contributed by atoms with Gasteiger partial charge in [-0.3, -0.25) is 9.59 Å². The number of carbonyl (C=O) groups is 2. The molecule has 1 fully saturated rings. The summed E-state index contributed by atoms with van der Waals surface area (Å²) < 4.78 is 39.0. The van der Waals surface area contributed by atoms with Crippen molar-refractivity contribution >= 4 is 22.8 Å². The number of aliphatic hydroxyl groups is 2. The Hall–Kier alpha value is -3.44. The van der Waals surface area contributed by atoms with Crippen LogP contribution in [0.1, 0.15) is 52.2 Å². The van der Waals surface area contributed by atoms with E-state index in [-0.39, 0.29) is 29.6 Å². The fraction of sp³-hybridized carbons (Fsp3) is 0.400. The molecule has 1 saturated heterocycles. The van der Waals surface area contributed by atoms with Gasteiger partial charge in [0, 0.05) is 19.2 Å². The summed E-state index contributed by atoms with van der Waals surface area (Å²) in [6.45, 7) is 0.298. The molecule has 1 aliphatic heterocycles. The second-order valence-electron chi connectivity index (χ2n) is 9.02. The Morgan fingerprint density at radius 3 is 2.64 bits per heavy atom. The molecule has 8 nitrogen and oxygen atoms in total. The van der Waals surface area contributed by atoms with Crippen LogP contribution in [0.5, 0.6) is 0 Å². The molecule has 11 heteroatoms. The van der Waals surface area contributed by atoms with E-state index in [4.69, 9.17) is 0 Å². The van der Waals surface area contributed by atoms with E-state index in [1.165, 1.54) is 6.07 Å². The third kappa shape index (κ3) is 5.52. The second-order valence-corrected chi connectivity index (χ2v) is 9.02. The minimum absolute atomic E-state index is 0.00951. The summed E-state index contributed by atoms with van der Waals surface area (Å²) in [4.78, 5) is 37.0. The van der Waals surface area contributed by atoms with E-state index in [0.717, 1.165) is 35.7 Å². The lowest BCUT2D eigenvalue weighted by Gasteiger charge is -2.30. The number of imidazole rings is 1. The predicted octanol–water partition coefficient (Wildman–Crippen LogP) is 2.88. The molecule has 192 valence electrons. The number of carbonyl (C=O) groups excluding carboxylic acids is 2. The molecular weight excluding hydrogens is 477 g/mol. The number of aryl methyl sites for hydroxylation is 1. The van der Waals surface area contributed by atoms with Crippen molar-refractivity contribution in [2.24, 2.45) is 4.99 Å². The Morgan fingerprint density at radius 2 is 1.94 bits per heavy atom. The maximum atomic E-state index is 13.0. The summed E-state index contributed by atoms with van der Waals surface area (Å²) in [7, 11) is 1.75. The molecule has 0 radical (unpaired) electrons. The van der Waals surface area contributed by atoms with Crippen LogP contribution >= 0.6 is 0 Å². The Balaban J connectivity index is 1.72. The van der Waals surface area contributed by atoms with E-state index in [1.54, 1.807) is 18.0 Å². The molecule has 3 aromatic rings. The lowest BCUT2D eigenvalue weighted by molar-refractivity contribution is -0.137. The van der Waals surface area contributed by atoms with Crippen molar-refractivity contribution in [1.29, 1.82) is 0 Å². The number of fused-ring (bicyclic) bond motifs is 1. The topological polar surface area (TPSA) is 122 Å². The number of hydrogen-bond donors (Lipinski definition) is 4. The van der Waals surface area contributed by atoms with Crippen molar-refractivity contribution in [1.82, 2.24) is 14.9 Å². The number of rotatable bonds is 6. The fourth-order valence-corrected chi connectivity index (χ4v) is 4.48. The molecule has 4 N–H and O–H groups in total. The Morgan fingerprint density at radius 1 is 1.22 bits per heavy atom. The van der Waals surface area contributed by atoms with Gasteiger partial charge in [0.25, 0.3) is 5.91 Å². The summed E-state index contributed by atoms with van der Waals surface area (Å²) in [5.74, 6) is -1.23. The maximum Gasteiger partial charge on any atom is 0.416 e. The number of amides is 2. The van der Waals surface area contributed by atoms with E-state index >= 15 is 0 Å². The first-order valence-corrected chi connectivity index (χ1v) is 11.6. The highest BCUT2D eigenvalue weighted by atomic mass is 19.4. The minimum atomic E-state index is -4.58. The van der Waals surface area contributed by atoms with Gasteiger partial charge in [0.1, 0.15) is 0 Å². The summed E-state index contributed by atoms with van der Waals surface area (Å²) in [6, 6.07) is 7.66. The van der Waals surface area contributed by atoms with Crippen LogP contribution in [0.3, 0.4) is 0 Å². The van der Waals surface area contributed by atoms with Crippen molar-refractivity contribution in [3.05, 3.63) is 64.3 Å². The van der Waals surface area contributed by atoms with E-state index in [9.17, 15) is 33.0 Å². The van der Waals surface area contributed by atoms with Crippen molar-refractivity contribution in [3.8, 4) is 0 Å². The Kier molecular flexibility index (Phi) is 7.32. The largest absolute Gasteiger partial charge is 0.416 e. The van der Waals surface area contributed by atoms with Gasteiger partial charge in [0.15, 0.2) is 0 Å². The van der Waals surface area contributed by atoms with E-state index < -0.39 is 23.8 Å². The van der Waals surface area contributed by atoms with Gasteiger partial charge in [-0.2, -0.15) is 18.2 Å². The number of nitrogens with zero attached hydrogens (tertiary/aromatic N) is 2. The van der Waals surface area contributed by atoms with Crippen LogP contribution in [-0.2, 0) is 17.4 Å². The van der Waals surface area contributed by atoms with Gasteiger partial charge >= 0.3 is 6.18 Å². The van der Waals surface area contributed by atoms with Crippen LogP contribution in [0, 0.1) is 0 Å². The fourth-order valence-electron chi connectivity index (χ4n) is 4.48. The summed E-state index contributed by atoms with van der Waals surface area (Å²) >= 11 is 0. The number of benzene rings is 2. The Labute approximate surface area is 204 Å². The number of aromatic nitrogens is 2. The van der Waals surface area contributed by atoms with Gasteiger partial charge in [0.2, 0.25) is 11.5 Å². The molecule has 4 rings (SSSR count). The van der Waals surface area contributed by atoms with Crippen LogP contribution in [0.4, 0.5) is 13.2 Å². The molecule has 0 bridgehead atoms. The molecule has 2 aromatic carbocycles. The first-order chi connectivity index (χ1) is 17.1. The standard InChI is InChI=1S/C25H27F3N4O4/c1-32-9-3-6-18(23(32)36)19-12-21-20(11-14(19)7-8-17(34)13-33)29-24(30-21)31-22(35)15-4-2-5-16(10-15)25(26,27)28/h2,4-5,10-12,17-18,33-34H,3,6-9,13H2,1H3,(H2,29,30,31,35)/t17-,18-/m1/s1. The SMILES string of the molecule is CN1CCC[C@H](c2cc3[nH]/c(=N/C(=O)c4cccc(C(F)(F)F)c4)[nH]c3cc2CC[C@@H](O)CO)C1=O. The van der Waals surface area contributed by atoms with Crippen LogP contribution in [0.2, 0.25) is 0 Å². The van der Waals surface area contributed by atoms with Gasteiger partial charge < -0.3 is 25.1 Å². The number of aromatic amines is 2. The molecule has 0 unspecified atom stereocenters. The van der Waals surface area contributed by atoms with Gasteiger partial charge in [-0.05, 0) is 67.1 Å². The number of H-pyrrole nitrogens is 2. The van der Waals surface area contributed by atoms with E-state index in [1.807, 2.05) is 6.07 Å². The zero-order chi connectivity index (χ0) is 26.0. The summed E-state index contributed by atoms with van der Waals surface area (Å²) in [5, 5.41) is 19.0. The third-order valence-corrected chi connectivity index (χ3v) is 6.43. The lowest BCUT2D eigenvalue weighted by Crippen LogP contribution is -2.37. The first kappa shape index (κ1) is 25.6. The molecular formula is C25H27F3N4O4. The number of aliphatic hydroxyl groups excluding tert-OH is 2. The molecule has 36 heavy (non-hydrogen) atoms. The van der Waals surface area contributed by atoms with E-state index in [0.29, 0.717) is 36.8 Å². The predicted molar refractivity (Wildman–Crippen MR) is 125 cm³/mol. The minimum Gasteiger partial charge on any atom is -0.394 e. The number of nitrogens with one attached hydrogen (secondary N) is 2. The van der Waals surface area contributed by atoms with Crippen molar-refractivity contribution < 1.29 is 33.0 Å². The van der Waals surface area contributed by atoms with E-state index in [2.05, 4.69) is 15.0 Å². The number of piperidine rings is 1. The highest BCUT2D eigenvalue weighted by Gasteiger charge is 2.31. The molecule has 2 atom stereocenters. The third-order valence-electron chi connectivity index (χ3n) is 6.43. The van der Waals surface area contributed by atoms with Crippen molar-refractivity contribution in [2.45, 2.75) is 43.9 Å². The normalized spacial score (nSPS) is 18.2. The van der Waals surface area contributed by atoms with Gasteiger partial charge in [0.05, 0.1) is 35.2 Å². The first-order valence-electron chi connectivity index (χ1n) is 11.6. The molecule has 0 aliphatic carbocycles. The molecule has 0 saturated carbocycles. The number of likely N-dealkylation sites (tertiary alicyclic amines) is 1. The van der Waals surface area contributed by atoms with Crippen LogP contribution in [0.25, 0.3) is 11.0 Å². The van der Waals surface area contributed by atoms with Crippen molar-refractivity contribution in [3.63, 3.8) is 0 Å².